The Morgan fingerprint density at radius 2 is 2.12 bits per heavy atom. The molecular formula is C19H24N4O2S. The molecule has 2 aromatic rings. The first-order chi connectivity index (χ1) is 12.6. The van der Waals surface area contributed by atoms with Crippen LogP contribution in [0.15, 0.2) is 29.8 Å². The van der Waals surface area contributed by atoms with E-state index in [0.29, 0.717) is 26.1 Å². The lowest BCUT2D eigenvalue weighted by molar-refractivity contribution is -0.134. The summed E-state index contributed by atoms with van der Waals surface area (Å²) in [6.45, 7) is 5.54. The number of aryl methyl sites for hydroxylation is 1. The number of carbonyl (C=O) groups is 1. The molecule has 4 rings (SSSR count). The van der Waals surface area contributed by atoms with Crippen LogP contribution in [0.3, 0.4) is 0 Å². The van der Waals surface area contributed by atoms with Gasteiger partial charge in [-0.1, -0.05) is 6.07 Å². The summed E-state index contributed by atoms with van der Waals surface area (Å²) in [6, 6.07) is 5.95. The molecule has 1 amide bonds. The number of pyridine rings is 1. The summed E-state index contributed by atoms with van der Waals surface area (Å²) < 4.78 is 6.23. The first kappa shape index (κ1) is 17.4. The number of piperidine rings is 1. The number of ether oxygens (including phenoxy) is 1. The van der Waals surface area contributed by atoms with Gasteiger partial charge in [-0.3, -0.25) is 9.78 Å². The maximum Gasteiger partial charge on any atom is 0.225 e. The van der Waals surface area contributed by atoms with E-state index in [2.05, 4.69) is 14.9 Å². The number of hydrogen-bond acceptors (Lipinski definition) is 6. The maximum absolute atomic E-state index is 12.9. The second-order valence-corrected chi connectivity index (χ2v) is 7.97. The second-order valence-electron chi connectivity index (χ2n) is 7.10. The van der Waals surface area contributed by atoms with Gasteiger partial charge in [-0.25, -0.2) is 4.98 Å². The highest BCUT2D eigenvalue weighted by molar-refractivity contribution is 7.13. The number of anilines is 1. The Morgan fingerprint density at radius 1 is 1.27 bits per heavy atom. The molecule has 138 valence electrons. The van der Waals surface area contributed by atoms with E-state index in [1.165, 1.54) is 0 Å². The molecule has 2 aliphatic rings. The van der Waals surface area contributed by atoms with Gasteiger partial charge in [-0.15, -0.1) is 11.3 Å². The van der Waals surface area contributed by atoms with E-state index >= 15 is 0 Å². The minimum Gasteiger partial charge on any atom is -0.372 e. The highest BCUT2D eigenvalue weighted by Gasteiger charge is 2.41. The van der Waals surface area contributed by atoms with Crippen LogP contribution in [-0.4, -0.2) is 52.6 Å². The molecule has 4 heterocycles. The topological polar surface area (TPSA) is 58.6 Å². The number of hydrogen-bond donors (Lipinski definition) is 0. The molecule has 2 aliphatic heterocycles. The number of amides is 1. The van der Waals surface area contributed by atoms with Crippen molar-refractivity contribution in [2.75, 3.05) is 31.1 Å². The zero-order chi connectivity index (χ0) is 18.0. The fourth-order valence-corrected chi connectivity index (χ4v) is 4.48. The third kappa shape index (κ3) is 3.73. The molecule has 2 aromatic heterocycles. The number of nitrogens with zero attached hydrogens (tertiary/aromatic N) is 4. The Morgan fingerprint density at radius 3 is 2.85 bits per heavy atom. The highest BCUT2D eigenvalue weighted by atomic mass is 32.1. The van der Waals surface area contributed by atoms with Crippen LogP contribution in [0.1, 0.15) is 30.7 Å². The molecule has 0 aliphatic carbocycles. The van der Waals surface area contributed by atoms with Crippen LogP contribution in [0.25, 0.3) is 0 Å². The molecule has 0 radical (unpaired) electrons. The molecule has 0 bridgehead atoms. The van der Waals surface area contributed by atoms with Gasteiger partial charge in [0.25, 0.3) is 0 Å². The lowest BCUT2D eigenvalue weighted by atomic mass is 9.87. The smallest absolute Gasteiger partial charge is 0.225 e. The quantitative estimate of drug-likeness (QED) is 0.829. The van der Waals surface area contributed by atoms with Gasteiger partial charge in [-0.05, 0) is 31.9 Å². The minimum absolute atomic E-state index is 0.175. The summed E-state index contributed by atoms with van der Waals surface area (Å²) in [5.74, 6) is 0.175. The monoisotopic (exact) mass is 372 g/mol. The molecule has 0 saturated carbocycles. The van der Waals surface area contributed by atoms with Gasteiger partial charge in [0, 0.05) is 36.9 Å². The van der Waals surface area contributed by atoms with Crippen LogP contribution in [0.4, 0.5) is 5.13 Å². The maximum atomic E-state index is 12.9. The van der Waals surface area contributed by atoms with E-state index in [4.69, 9.17) is 4.74 Å². The fourth-order valence-electron chi connectivity index (χ4n) is 3.78. The predicted octanol–water partition coefficient (Wildman–Crippen LogP) is 2.63. The fraction of sp³-hybridized carbons (Fsp3) is 0.526. The minimum atomic E-state index is -0.320. The first-order valence-corrected chi connectivity index (χ1v) is 10.0. The largest absolute Gasteiger partial charge is 0.372 e. The van der Waals surface area contributed by atoms with E-state index < -0.39 is 0 Å². The normalized spacial score (nSPS) is 20.4. The summed E-state index contributed by atoms with van der Waals surface area (Å²) in [5.41, 5.74) is 1.60. The zero-order valence-corrected chi connectivity index (χ0v) is 15.9. The third-order valence-corrected chi connectivity index (χ3v) is 6.09. The van der Waals surface area contributed by atoms with E-state index in [1.807, 2.05) is 41.6 Å². The van der Waals surface area contributed by atoms with Gasteiger partial charge in [0.15, 0.2) is 5.13 Å². The van der Waals surface area contributed by atoms with Gasteiger partial charge >= 0.3 is 0 Å². The van der Waals surface area contributed by atoms with Crippen molar-refractivity contribution >= 4 is 22.4 Å². The highest BCUT2D eigenvalue weighted by Crippen LogP contribution is 2.34. The SMILES string of the molecule is Cc1cccc(CN2CCOC3(CCN(c4nccs4)CC3)CC2=O)n1. The van der Waals surface area contributed by atoms with Crippen LogP contribution in [0, 0.1) is 6.92 Å². The lowest BCUT2D eigenvalue weighted by Crippen LogP contribution is -2.47. The molecule has 26 heavy (non-hydrogen) atoms. The van der Waals surface area contributed by atoms with E-state index in [1.54, 1.807) is 11.3 Å². The Labute approximate surface area is 157 Å². The van der Waals surface area contributed by atoms with Crippen molar-refractivity contribution in [3.63, 3.8) is 0 Å². The molecule has 1 spiro atoms. The Hall–Kier alpha value is -1.99. The summed E-state index contributed by atoms with van der Waals surface area (Å²) in [7, 11) is 0. The van der Waals surface area contributed by atoms with Crippen LogP contribution < -0.4 is 4.90 Å². The molecule has 2 fully saturated rings. The van der Waals surface area contributed by atoms with Gasteiger partial charge in [0.05, 0.1) is 30.9 Å². The first-order valence-electron chi connectivity index (χ1n) is 9.12. The van der Waals surface area contributed by atoms with Crippen LogP contribution in [0.2, 0.25) is 0 Å². The average molecular weight is 372 g/mol. The van der Waals surface area contributed by atoms with Crippen molar-refractivity contribution in [2.24, 2.45) is 0 Å². The molecule has 0 unspecified atom stereocenters. The summed E-state index contributed by atoms with van der Waals surface area (Å²) in [6.07, 6.45) is 4.04. The van der Waals surface area contributed by atoms with Gasteiger partial charge in [-0.2, -0.15) is 0 Å². The molecule has 7 heteroatoms. The van der Waals surface area contributed by atoms with Crippen molar-refractivity contribution in [2.45, 2.75) is 38.3 Å². The Bertz CT molecular complexity index is 757. The molecule has 0 aromatic carbocycles. The van der Waals surface area contributed by atoms with Crippen molar-refractivity contribution in [3.8, 4) is 0 Å². The standard InChI is InChI=1S/C19H24N4O2S/c1-15-3-2-4-16(21-15)14-23-10-11-25-19(13-17(23)24)5-8-22(9-6-19)18-20-7-12-26-18/h2-4,7,12H,5-6,8-11,13-14H2,1H3. The Kier molecular flexibility index (Phi) is 4.91. The summed E-state index contributed by atoms with van der Waals surface area (Å²) >= 11 is 1.66. The van der Waals surface area contributed by atoms with Crippen LogP contribution in [0.5, 0.6) is 0 Å². The van der Waals surface area contributed by atoms with Gasteiger partial charge < -0.3 is 14.5 Å². The van der Waals surface area contributed by atoms with Crippen LogP contribution in [-0.2, 0) is 16.1 Å². The molecule has 6 nitrogen and oxygen atoms in total. The molecule has 0 N–H and O–H groups in total. The number of carbonyl (C=O) groups excluding carboxylic acids is 1. The molecule has 0 atom stereocenters. The zero-order valence-electron chi connectivity index (χ0n) is 15.1. The van der Waals surface area contributed by atoms with Crippen molar-refractivity contribution in [1.29, 1.82) is 0 Å². The second kappa shape index (κ2) is 7.32. The van der Waals surface area contributed by atoms with E-state index in [-0.39, 0.29) is 11.5 Å². The van der Waals surface area contributed by atoms with Gasteiger partial charge in [0.2, 0.25) is 5.91 Å². The number of aromatic nitrogens is 2. The third-order valence-electron chi connectivity index (χ3n) is 5.26. The number of thiazole rings is 1. The molecule has 2 saturated heterocycles. The Balaban J connectivity index is 1.40. The lowest BCUT2D eigenvalue weighted by Gasteiger charge is -2.40. The van der Waals surface area contributed by atoms with Crippen molar-refractivity contribution < 1.29 is 9.53 Å². The summed E-state index contributed by atoms with van der Waals surface area (Å²) in [4.78, 5) is 26.0. The molecular weight excluding hydrogens is 348 g/mol. The van der Waals surface area contributed by atoms with E-state index in [0.717, 1.165) is 42.5 Å². The summed E-state index contributed by atoms with van der Waals surface area (Å²) in [5, 5.41) is 3.06. The average Bonchev–Trinajstić information content (AvgIpc) is 3.11. The van der Waals surface area contributed by atoms with Gasteiger partial charge in [0.1, 0.15) is 0 Å². The van der Waals surface area contributed by atoms with Crippen molar-refractivity contribution in [1.82, 2.24) is 14.9 Å². The van der Waals surface area contributed by atoms with Crippen molar-refractivity contribution in [3.05, 3.63) is 41.2 Å². The number of rotatable bonds is 3. The van der Waals surface area contributed by atoms with E-state index in [9.17, 15) is 4.79 Å². The van der Waals surface area contributed by atoms with Crippen LogP contribution >= 0.6 is 11.3 Å². The predicted molar refractivity (Wildman–Crippen MR) is 101 cm³/mol.